The van der Waals surface area contributed by atoms with Crippen LogP contribution in [0.5, 0.6) is 0 Å². The highest BCUT2D eigenvalue weighted by molar-refractivity contribution is 5.76. The number of hydrogen-bond acceptors (Lipinski definition) is 3. The zero-order valence-electron chi connectivity index (χ0n) is 10.4. The quantitative estimate of drug-likeness (QED) is 0.767. The standard InChI is InChI=1S/C13H20N2O2/c1-15(2)9-8-13(17)14-12(10-16)11-6-4-3-5-7-11/h3-7,12,16H,8-10H2,1-2H3,(H,14,17)/t12-/m1/s1. The summed E-state index contributed by atoms with van der Waals surface area (Å²) in [5.41, 5.74) is 0.924. The maximum absolute atomic E-state index is 11.6. The van der Waals surface area contributed by atoms with Crippen molar-refractivity contribution in [1.82, 2.24) is 10.2 Å². The summed E-state index contributed by atoms with van der Waals surface area (Å²) in [7, 11) is 3.85. The Morgan fingerprint density at radius 3 is 2.53 bits per heavy atom. The van der Waals surface area contributed by atoms with E-state index in [0.29, 0.717) is 13.0 Å². The van der Waals surface area contributed by atoms with E-state index in [9.17, 15) is 9.90 Å². The highest BCUT2D eigenvalue weighted by Gasteiger charge is 2.12. The molecule has 1 rings (SSSR count). The van der Waals surface area contributed by atoms with Crippen LogP contribution in [0.25, 0.3) is 0 Å². The van der Waals surface area contributed by atoms with E-state index in [2.05, 4.69) is 5.32 Å². The first-order valence-electron chi connectivity index (χ1n) is 5.73. The Morgan fingerprint density at radius 2 is 2.00 bits per heavy atom. The third-order valence-corrected chi connectivity index (χ3v) is 2.51. The van der Waals surface area contributed by atoms with Crippen molar-refractivity contribution in [3.63, 3.8) is 0 Å². The first kappa shape index (κ1) is 13.7. The molecule has 4 heteroatoms. The smallest absolute Gasteiger partial charge is 0.221 e. The molecule has 1 atom stereocenters. The molecular formula is C13H20N2O2. The Hall–Kier alpha value is -1.39. The minimum atomic E-state index is -0.314. The molecule has 0 radical (unpaired) electrons. The summed E-state index contributed by atoms with van der Waals surface area (Å²) in [6, 6.07) is 9.17. The van der Waals surface area contributed by atoms with Gasteiger partial charge in [0, 0.05) is 13.0 Å². The minimum absolute atomic E-state index is 0.0402. The Kier molecular flexibility index (Phi) is 5.66. The van der Waals surface area contributed by atoms with Crippen molar-refractivity contribution in [2.75, 3.05) is 27.2 Å². The molecule has 0 aliphatic heterocycles. The first-order chi connectivity index (χ1) is 8.13. The van der Waals surface area contributed by atoms with Crippen LogP contribution in [0.4, 0.5) is 0 Å². The number of aliphatic hydroxyl groups excluding tert-OH is 1. The molecule has 0 spiro atoms. The van der Waals surface area contributed by atoms with Gasteiger partial charge in [0.15, 0.2) is 0 Å². The number of nitrogens with zero attached hydrogens (tertiary/aromatic N) is 1. The second-order valence-corrected chi connectivity index (χ2v) is 4.27. The van der Waals surface area contributed by atoms with Gasteiger partial charge in [-0.2, -0.15) is 0 Å². The number of hydrogen-bond donors (Lipinski definition) is 2. The number of benzene rings is 1. The Bertz CT molecular complexity index is 339. The van der Waals surface area contributed by atoms with E-state index in [0.717, 1.165) is 5.56 Å². The van der Waals surface area contributed by atoms with E-state index in [-0.39, 0.29) is 18.6 Å². The predicted molar refractivity (Wildman–Crippen MR) is 67.6 cm³/mol. The molecular weight excluding hydrogens is 216 g/mol. The van der Waals surface area contributed by atoms with Crippen LogP contribution in [0.15, 0.2) is 30.3 Å². The Balaban J connectivity index is 2.50. The molecule has 17 heavy (non-hydrogen) atoms. The number of carbonyl (C=O) groups is 1. The number of rotatable bonds is 6. The van der Waals surface area contributed by atoms with Gasteiger partial charge in [0.25, 0.3) is 0 Å². The van der Waals surface area contributed by atoms with E-state index in [4.69, 9.17) is 0 Å². The van der Waals surface area contributed by atoms with E-state index in [1.165, 1.54) is 0 Å². The summed E-state index contributed by atoms with van der Waals surface area (Å²) < 4.78 is 0. The van der Waals surface area contributed by atoms with E-state index >= 15 is 0 Å². The van der Waals surface area contributed by atoms with Gasteiger partial charge in [-0.1, -0.05) is 30.3 Å². The second kappa shape index (κ2) is 7.04. The SMILES string of the molecule is CN(C)CCC(=O)N[C@H](CO)c1ccccc1. The summed E-state index contributed by atoms with van der Waals surface area (Å²) in [5.74, 6) is -0.0402. The van der Waals surface area contributed by atoms with Gasteiger partial charge < -0.3 is 15.3 Å². The lowest BCUT2D eigenvalue weighted by atomic mass is 10.1. The molecule has 0 saturated carbocycles. The van der Waals surface area contributed by atoms with Crippen LogP contribution in [0.2, 0.25) is 0 Å². The molecule has 1 aromatic carbocycles. The fourth-order valence-corrected chi connectivity index (χ4v) is 1.51. The van der Waals surface area contributed by atoms with Crippen molar-refractivity contribution in [1.29, 1.82) is 0 Å². The van der Waals surface area contributed by atoms with Gasteiger partial charge in [0.1, 0.15) is 0 Å². The lowest BCUT2D eigenvalue weighted by Crippen LogP contribution is -2.32. The molecule has 0 aliphatic carbocycles. The fraction of sp³-hybridized carbons (Fsp3) is 0.462. The van der Waals surface area contributed by atoms with Gasteiger partial charge in [-0.05, 0) is 19.7 Å². The van der Waals surface area contributed by atoms with Gasteiger partial charge in [-0.3, -0.25) is 4.79 Å². The van der Waals surface area contributed by atoms with Crippen molar-refractivity contribution in [3.8, 4) is 0 Å². The molecule has 4 nitrogen and oxygen atoms in total. The molecule has 0 saturated heterocycles. The maximum Gasteiger partial charge on any atom is 0.221 e. The summed E-state index contributed by atoms with van der Waals surface area (Å²) in [5, 5.41) is 12.1. The predicted octanol–water partition coefficient (Wildman–Crippen LogP) is 0.788. The summed E-state index contributed by atoms with van der Waals surface area (Å²) >= 11 is 0. The van der Waals surface area contributed by atoms with Crippen LogP contribution >= 0.6 is 0 Å². The molecule has 0 fully saturated rings. The minimum Gasteiger partial charge on any atom is -0.394 e. The summed E-state index contributed by atoms with van der Waals surface area (Å²) in [6.45, 7) is 0.622. The molecule has 1 aromatic rings. The highest BCUT2D eigenvalue weighted by Crippen LogP contribution is 2.11. The molecule has 0 heterocycles. The molecule has 94 valence electrons. The van der Waals surface area contributed by atoms with Crippen LogP contribution in [0.1, 0.15) is 18.0 Å². The third kappa shape index (κ3) is 4.97. The van der Waals surface area contributed by atoms with Crippen molar-refractivity contribution in [3.05, 3.63) is 35.9 Å². The lowest BCUT2D eigenvalue weighted by molar-refractivity contribution is -0.122. The first-order valence-corrected chi connectivity index (χ1v) is 5.73. The lowest BCUT2D eigenvalue weighted by Gasteiger charge is -2.17. The van der Waals surface area contributed by atoms with Gasteiger partial charge in [-0.25, -0.2) is 0 Å². The van der Waals surface area contributed by atoms with Crippen LogP contribution in [-0.2, 0) is 4.79 Å². The van der Waals surface area contributed by atoms with E-state index in [1.54, 1.807) is 0 Å². The van der Waals surface area contributed by atoms with E-state index < -0.39 is 0 Å². The zero-order chi connectivity index (χ0) is 12.7. The molecule has 0 aromatic heterocycles. The summed E-state index contributed by atoms with van der Waals surface area (Å²) in [6.07, 6.45) is 0.441. The van der Waals surface area contributed by atoms with E-state index in [1.807, 2.05) is 49.3 Å². The second-order valence-electron chi connectivity index (χ2n) is 4.27. The molecule has 0 aliphatic rings. The summed E-state index contributed by atoms with van der Waals surface area (Å²) in [4.78, 5) is 13.6. The van der Waals surface area contributed by atoms with Crippen LogP contribution in [-0.4, -0.2) is 43.2 Å². The molecule has 0 bridgehead atoms. The molecule has 2 N–H and O–H groups in total. The van der Waals surface area contributed by atoms with Gasteiger partial charge in [0.2, 0.25) is 5.91 Å². The van der Waals surface area contributed by atoms with Gasteiger partial charge in [0.05, 0.1) is 12.6 Å². The Labute approximate surface area is 102 Å². The van der Waals surface area contributed by atoms with Crippen molar-refractivity contribution >= 4 is 5.91 Å². The fourth-order valence-electron chi connectivity index (χ4n) is 1.51. The highest BCUT2D eigenvalue weighted by atomic mass is 16.3. The normalized spacial score (nSPS) is 12.5. The monoisotopic (exact) mass is 236 g/mol. The van der Waals surface area contributed by atoms with Crippen LogP contribution < -0.4 is 5.32 Å². The van der Waals surface area contributed by atoms with Gasteiger partial charge in [-0.15, -0.1) is 0 Å². The number of amides is 1. The van der Waals surface area contributed by atoms with Crippen molar-refractivity contribution < 1.29 is 9.90 Å². The average molecular weight is 236 g/mol. The third-order valence-electron chi connectivity index (χ3n) is 2.51. The van der Waals surface area contributed by atoms with Crippen molar-refractivity contribution in [2.24, 2.45) is 0 Å². The maximum atomic E-state index is 11.6. The average Bonchev–Trinajstić information content (AvgIpc) is 2.34. The van der Waals surface area contributed by atoms with Gasteiger partial charge >= 0.3 is 0 Å². The number of carbonyl (C=O) groups excluding carboxylic acids is 1. The van der Waals surface area contributed by atoms with Crippen LogP contribution in [0.3, 0.4) is 0 Å². The zero-order valence-corrected chi connectivity index (χ0v) is 10.4. The number of nitrogens with one attached hydrogen (secondary N) is 1. The largest absolute Gasteiger partial charge is 0.394 e. The molecule has 0 unspecified atom stereocenters. The topological polar surface area (TPSA) is 52.6 Å². The number of aliphatic hydroxyl groups is 1. The molecule has 1 amide bonds. The Morgan fingerprint density at radius 1 is 1.35 bits per heavy atom. The van der Waals surface area contributed by atoms with Crippen molar-refractivity contribution in [2.45, 2.75) is 12.5 Å². The van der Waals surface area contributed by atoms with Crippen LogP contribution in [0, 0.1) is 0 Å².